The van der Waals surface area contributed by atoms with Gasteiger partial charge in [0.2, 0.25) is 0 Å². The van der Waals surface area contributed by atoms with Crippen molar-refractivity contribution in [3.8, 4) is 0 Å². The third-order valence-corrected chi connectivity index (χ3v) is 7.21. The molecule has 2 atom stereocenters. The van der Waals surface area contributed by atoms with Crippen molar-refractivity contribution in [1.29, 1.82) is 0 Å². The van der Waals surface area contributed by atoms with Crippen LogP contribution in [-0.4, -0.2) is 29.4 Å². The van der Waals surface area contributed by atoms with Crippen LogP contribution in [0.3, 0.4) is 0 Å². The van der Waals surface area contributed by atoms with Crippen LogP contribution in [-0.2, 0) is 10.1 Å². The van der Waals surface area contributed by atoms with Crippen molar-refractivity contribution in [2.24, 2.45) is 0 Å². The molecule has 0 spiro atoms. The summed E-state index contributed by atoms with van der Waals surface area (Å²) in [6.07, 6.45) is 21.0. The molecule has 2 unspecified atom stereocenters. The van der Waals surface area contributed by atoms with Crippen LogP contribution in [0.15, 0.2) is 0 Å². The fraction of sp³-hybridized carbons (Fsp3) is 1.00. The maximum atomic E-state index is 11.5. The van der Waals surface area contributed by atoms with E-state index in [4.69, 9.17) is 0 Å². The van der Waals surface area contributed by atoms with Gasteiger partial charge in [0.15, 0.2) is 0 Å². The van der Waals surface area contributed by atoms with E-state index in [1.165, 1.54) is 70.6 Å². The molecular formula is C24H49NaO4S. The van der Waals surface area contributed by atoms with Crippen molar-refractivity contribution in [2.75, 3.05) is 0 Å². The van der Waals surface area contributed by atoms with Gasteiger partial charge in [0.05, 0.1) is 21.5 Å². The van der Waals surface area contributed by atoms with Gasteiger partial charge in [0.25, 0.3) is 0 Å². The zero-order valence-corrected chi connectivity index (χ0v) is 23.2. The van der Waals surface area contributed by atoms with Crippen molar-refractivity contribution < 1.29 is 47.6 Å². The van der Waals surface area contributed by atoms with E-state index in [0.29, 0.717) is 12.8 Å². The molecule has 0 aromatic rings. The number of unbranched alkanes of at least 4 members (excludes halogenated alkanes) is 15. The number of rotatable bonds is 22. The molecule has 0 bridgehead atoms. The molecule has 1 N–H and O–H groups in total. The Kier molecular flexibility index (Phi) is 25.4. The van der Waals surface area contributed by atoms with Gasteiger partial charge in [-0.2, -0.15) is 0 Å². The molecule has 0 aliphatic rings. The van der Waals surface area contributed by atoms with Gasteiger partial charge in [0.1, 0.15) is 0 Å². The van der Waals surface area contributed by atoms with Crippen LogP contribution in [0.25, 0.3) is 0 Å². The predicted octanol–water partition coefficient (Wildman–Crippen LogP) is 4.11. The third kappa shape index (κ3) is 22.1. The molecule has 0 aliphatic carbocycles. The van der Waals surface area contributed by atoms with Crippen LogP contribution in [0, 0.1) is 0 Å². The monoisotopic (exact) mass is 456 g/mol. The second-order valence-corrected chi connectivity index (χ2v) is 10.5. The van der Waals surface area contributed by atoms with E-state index in [2.05, 4.69) is 13.8 Å². The molecule has 0 aromatic heterocycles. The number of hydrogen-bond acceptors (Lipinski definition) is 4. The van der Waals surface area contributed by atoms with Crippen molar-refractivity contribution in [3.05, 3.63) is 0 Å². The average molecular weight is 457 g/mol. The summed E-state index contributed by atoms with van der Waals surface area (Å²) in [7, 11) is -4.32. The zero-order valence-electron chi connectivity index (χ0n) is 20.4. The van der Waals surface area contributed by atoms with Gasteiger partial charge in [0, 0.05) is 0 Å². The van der Waals surface area contributed by atoms with Crippen molar-refractivity contribution in [1.82, 2.24) is 0 Å². The molecule has 0 saturated heterocycles. The standard InChI is InChI=1S/C24H50O4S.Na/c1-3-5-7-8-9-10-11-12-13-14-15-16-17-19-21-24(29(26,27)28)22-23(25)20-18-6-4-2;/h23-25H,3-22H2,1-2H3,(H,26,27,28);/q;+1/p-1. The zero-order chi connectivity index (χ0) is 21.8. The largest absolute Gasteiger partial charge is 1.00 e. The second-order valence-electron chi connectivity index (χ2n) is 8.88. The van der Waals surface area contributed by atoms with Gasteiger partial charge < -0.3 is 9.66 Å². The summed E-state index contributed by atoms with van der Waals surface area (Å²) in [5.41, 5.74) is 0. The number of aliphatic hydroxyl groups is 1. The van der Waals surface area contributed by atoms with Crippen LogP contribution in [0.4, 0.5) is 0 Å². The van der Waals surface area contributed by atoms with Gasteiger partial charge in [-0.05, 0) is 19.3 Å². The molecule has 0 radical (unpaired) electrons. The van der Waals surface area contributed by atoms with Crippen LogP contribution >= 0.6 is 0 Å². The molecule has 0 aliphatic heterocycles. The summed E-state index contributed by atoms with van der Waals surface area (Å²) in [5.74, 6) is 0. The molecule has 0 rings (SSSR count). The Morgan fingerprint density at radius 1 is 0.633 bits per heavy atom. The SMILES string of the molecule is CCCCCCCCCCCCCCCCC(CC(O)CCCCC)S(=O)(=O)[O-].[Na+]. The summed E-state index contributed by atoms with van der Waals surface area (Å²) in [6.45, 7) is 4.34. The first kappa shape index (κ1) is 33.0. The summed E-state index contributed by atoms with van der Waals surface area (Å²) >= 11 is 0. The Morgan fingerprint density at radius 2 is 0.967 bits per heavy atom. The molecule has 0 heterocycles. The minimum absolute atomic E-state index is 0. The molecular weight excluding hydrogens is 407 g/mol. The van der Waals surface area contributed by atoms with E-state index in [-0.39, 0.29) is 36.0 Å². The average Bonchev–Trinajstić information content (AvgIpc) is 2.66. The van der Waals surface area contributed by atoms with Crippen LogP contribution in [0.2, 0.25) is 0 Å². The molecule has 0 fully saturated rings. The van der Waals surface area contributed by atoms with Gasteiger partial charge in [-0.3, -0.25) is 0 Å². The fourth-order valence-electron chi connectivity index (χ4n) is 4.00. The summed E-state index contributed by atoms with van der Waals surface area (Å²) < 4.78 is 34.5. The topological polar surface area (TPSA) is 77.4 Å². The van der Waals surface area contributed by atoms with E-state index in [0.717, 1.165) is 38.5 Å². The maximum absolute atomic E-state index is 11.5. The second kappa shape index (κ2) is 23.0. The van der Waals surface area contributed by atoms with Crippen LogP contribution in [0.5, 0.6) is 0 Å². The van der Waals surface area contributed by atoms with E-state index in [9.17, 15) is 18.1 Å². The van der Waals surface area contributed by atoms with Crippen molar-refractivity contribution >= 4 is 10.1 Å². The third-order valence-electron chi connectivity index (χ3n) is 5.96. The molecule has 30 heavy (non-hydrogen) atoms. The predicted molar refractivity (Wildman–Crippen MR) is 123 cm³/mol. The van der Waals surface area contributed by atoms with Gasteiger partial charge >= 0.3 is 29.6 Å². The Balaban J connectivity index is 0. The van der Waals surface area contributed by atoms with Crippen LogP contribution in [0.1, 0.15) is 142 Å². The van der Waals surface area contributed by atoms with Crippen molar-refractivity contribution in [3.63, 3.8) is 0 Å². The summed E-state index contributed by atoms with van der Waals surface area (Å²) in [6, 6.07) is 0. The van der Waals surface area contributed by atoms with Gasteiger partial charge in [-0.1, -0.05) is 123 Å². The fourth-order valence-corrected chi connectivity index (χ4v) is 4.91. The first-order chi connectivity index (χ1) is 13.9. The van der Waals surface area contributed by atoms with Gasteiger partial charge in [-0.15, -0.1) is 0 Å². The van der Waals surface area contributed by atoms with E-state index in [1.807, 2.05) is 0 Å². The molecule has 0 amide bonds. The van der Waals surface area contributed by atoms with Gasteiger partial charge in [-0.25, -0.2) is 8.42 Å². The number of hydrogen-bond donors (Lipinski definition) is 1. The Hall–Kier alpha value is 0.870. The molecule has 176 valence electrons. The molecule has 4 nitrogen and oxygen atoms in total. The minimum Gasteiger partial charge on any atom is -0.748 e. The Morgan fingerprint density at radius 3 is 1.37 bits per heavy atom. The minimum atomic E-state index is -4.32. The van der Waals surface area contributed by atoms with Crippen LogP contribution < -0.4 is 29.6 Å². The normalized spacial score (nSPS) is 13.7. The summed E-state index contributed by atoms with van der Waals surface area (Å²) in [5, 5.41) is 9.10. The van der Waals surface area contributed by atoms with E-state index >= 15 is 0 Å². The quantitative estimate of drug-likeness (QED) is 0.151. The van der Waals surface area contributed by atoms with Crippen molar-refractivity contribution in [2.45, 2.75) is 154 Å². The molecule has 6 heteroatoms. The smallest absolute Gasteiger partial charge is 0.748 e. The number of aliphatic hydroxyl groups excluding tert-OH is 1. The first-order valence-electron chi connectivity index (χ1n) is 12.5. The van der Waals surface area contributed by atoms with E-state index < -0.39 is 21.5 Å². The Bertz CT molecular complexity index is 442. The maximum Gasteiger partial charge on any atom is 1.00 e. The summed E-state index contributed by atoms with van der Waals surface area (Å²) in [4.78, 5) is 0. The molecule has 0 saturated carbocycles. The van der Waals surface area contributed by atoms with E-state index in [1.54, 1.807) is 0 Å². The Labute approximate surface area is 210 Å². The molecule has 0 aromatic carbocycles. The first-order valence-corrected chi connectivity index (χ1v) is 14.0.